The average molecular weight is 345 g/mol. The van der Waals surface area contributed by atoms with Crippen molar-refractivity contribution in [3.05, 3.63) is 17.3 Å². The zero-order valence-electron chi connectivity index (χ0n) is 15.5. The lowest BCUT2D eigenvalue weighted by Gasteiger charge is -2.37. The Kier molecular flexibility index (Phi) is 5.13. The van der Waals surface area contributed by atoms with Crippen LogP contribution in [0.15, 0.2) is 6.20 Å². The molecule has 1 aromatic heterocycles. The largest absolute Gasteiger partial charge is 0.492 e. The number of ether oxygens (including phenoxy) is 1. The molecule has 0 atom stereocenters. The number of hydrogen-bond donors (Lipinski definition) is 1. The van der Waals surface area contributed by atoms with Gasteiger partial charge in [-0.15, -0.1) is 0 Å². The van der Waals surface area contributed by atoms with E-state index in [1.165, 1.54) is 55.6 Å². The number of pyridine rings is 1. The van der Waals surface area contributed by atoms with E-state index in [1.54, 1.807) is 0 Å². The van der Waals surface area contributed by atoms with Crippen molar-refractivity contribution < 1.29 is 4.74 Å². The molecular formula is C20H32N4O. The summed E-state index contributed by atoms with van der Waals surface area (Å²) in [5.74, 6) is 3.15. The number of aromatic nitrogens is 1. The Morgan fingerprint density at radius 2 is 1.92 bits per heavy atom. The fourth-order valence-electron chi connectivity index (χ4n) is 4.61. The molecule has 2 fully saturated rings. The molecule has 1 aliphatic carbocycles. The molecular weight excluding hydrogens is 312 g/mol. The van der Waals surface area contributed by atoms with Crippen molar-refractivity contribution >= 4 is 5.82 Å². The zero-order chi connectivity index (χ0) is 17.2. The molecule has 0 aromatic carbocycles. The first-order chi connectivity index (χ1) is 12.2. The van der Waals surface area contributed by atoms with E-state index >= 15 is 0 Å². The summed E-state index contributed by atoms with van der Waals surface area (Å²) in [6.07, 6.45) is 9.44. The maximum absolute atomic E-state index is 6.02. The van der Waals surface area contributed by atoms with Crippen LogP contribution in [0, 0.1) is 12.8 Å². The Hall–Kier alpha value is -1.33. The topological polar surface area (TPSA) is 54.6 Å². The van der Waals surface area contributed by atoms with Gasteiger partial charge >= 0.3 is 0 Å². The number of anilines is 1. The van der Waals surface area contributed by atoms with Crippen molar-refractivity contribution in [3.63, 3.8) is 0 Å². The third-order valence-electron chi connectivity index (χ3n) is 6.30. The van der Waals surface area contributed by atoms with Crippen molar-refractivity contribution in [1.82, 2.24) is 9.88 Å². The van der Waals surface area contributed by atoms with Gasteiger partial charge in [0, 0.05) is 56.0 Å². The lowest BCUT2D eigenvalue weighted by Crippen LogP contribution is -2.47. The van der Waals surface area contributed by atoms with Gasteiger partial charge in [0.05, 0.1) is 6.61 Å². The molecule has 2 N–H and O–H groups in total. The summed E-state index contributed by atoms with van der Waals surface area (Å²) >= 11 is 0. The number of piperazine rings is 1. The molecule has 0 amide bonds. The van der Waals surface area contributed by atoms with Gasteiger partial charge in [-0.05, 0) is 51.5 Å². The lowest BCUT2D eigenvalue weighted by molar-refractivity contribution is 0.216. The summed E-state index contributed by atoms with van der Waals surface area (Å²) < 4.78 is 5.81. The third kappa shape index (κ3) is 3.77. The first-order valence-electron chi connectivity index (χ1n) is 10.0. The monoisotopic (exact) mass is 344 g/mol. The van der Waals surface area contributed by atoms with Crippen LogP contribution in [0.5, 0.6) is 5.75 Å². The van der Waals surface area contributed by atoms with E-state index < -0.39 is 0 Å². The highest BCUT2D eigenvalue weighted by atomic mass is 16.5. The number of hydrogen-bond acceptors (Lipinski definition) is 5. The smallest absolute Gasteiger partial charge is 0.135 e. The van der Waals surface area contributed by atoms with Crippen molar-refractivity contribution in [2.24, 2.45) is 11.7 Å². The van der Waals surface area contributed by atoms with Gasteiger partial charge in [-0.25, -0.2) is 4.98 Å². The maximum atomic E-state index is 6.02. The van der Waals surface area contributed by atoms with Crippen LogP contribution < -0.4 is 15.4 Å². The fourth-order valence-corrected chi connectivity index (χ4v) is 4.61. The van der Waals surface area contributed by atoms with Gasteiger partial charge in [-0.2, -0.15) is 0 Å². The molecule has 5 nitrogen and oxygen atoms in total. The van der Waals surface area contributed by atoms with Gasteiger partial charge in [0.15, 0.2) is 0 Å². The number of nitrogens with zero attached hydrogens (tertiary/aromatic N) is 3. The highest BCUT2D eigenvalue weighted by Crippen LogP contribution is 2.35. The van der Waals surface area contributed by atoms with Crippen LogP contribution in [0.25, 0.3) is 0 Å². The molecule has 3 aliphatic rings. The summed E-state index contributed by atoms with van der Waals surface area (Å²) in [7, 11) is 0. The van der Waals surface area contributed by atoms with Crippen LogP contribution in [0.1, 0.15) is 43.2 Å². The van der Waals surface area contributed by atoms with E-state index in [4.69, 9.17) is 15.5 Å². The van der Waals surface area contributed by atoms with Gasteiger partial charge in [0.2, 0.25) is 0 Å². The summed E-state index contributed by atoms with van der Waals surface area (Å²) in [6.45, 7) is 8.61. The summed E-state index contributed by atoms with van der Waals surface area (Å²) in [5.41, 5.74) is 8.52. The van der Waals surface area contributed by atoms with Gasteiger partial charge in [0.1, 0.15) is 11.6 Å². The van der Waals surface area contributed by atoms with Gasteiger partial charge < -0.3 is 15.4 Å². The molecule has 1 saturated heterocycles. The molecule has 138 valence electrons. The van der Waals surface area contributed by atoms with E-state index in [0.717, 1.165) is 50.9 Å². The second-order valence-corrected chi connectivity index (χ2v) is 8.07. The molecule has 25 heavy (non-hydrogen) atoms. The van der Waals surface area contributed by atoms with Crippen molar-refractivity contribution in [2.75, 3.05) is 44.2 Å². The summed E-state index contributed by atoms with van der Waals surface area (Å²) in [4.78, 5) is 9.84. The Morgan fingerprint density at radius 3 is 2.68 bits per heavy atom. The molecule has 0 spiro atoms. The molecule has 2 aliphatic heterocycles. The Morgan fingerprint density at radius 1 is 1.16 bits per heavy atom. The summed E-state index contributed by atoms with van der Waals surface area (Å²) in [5, 5.41) is 0. The van der Waals surface area contributed by atoms with E-state index in [2.05, 4.69) is 16.7 Å². The normalized spacial score (nSPS) is 27.2. The Bertz CT molecular complexity index is 590. The standard InChI is InChI=1S/C20H32N4O/c1-15-14-22-20(18-7-13-25-19(15)18)24-11-9-23(10-12-24)8-6-16-2-4-17(21)5-3-16/h14,16-17H,2-13,21H2,1H3. The minimum atomic E-state index is 0.465. The molecule has 0 radical (unpaired) electrons. The van der Waals surface area contributed by atoms with Crippen LogP contribution >= 0.6 is 0 Å². The van der Waals surface area contributed by atoms with Gasteiger partial charge in [-0.3, -0.25) is 4.90 Å². The SMILES string of the molecule is Cc1cnc(N2CCN(CCC3CCC(N)CC3)CC2)c2c1OCC2. The Labute approximate surface area is 151 Å². The van der Waals surface area contributed by atoms with Crippen LogP contribution in [0.4, 0.5) is 5.82 Å². The average Bonchev–Trinajstić information content (AvgIpc) is 3.13. The van der Waals surface area contributed by atoms with Crippen molar-refractivity contribution in [1.29, 1.82) is 0 Å². The highest BCUT2D eigenvalue weighted by molar-refractivity contribution is 5.58. The number of nitrogens with two attached hydrogens (primary N) is 1. The van der Waals surface area contributed by atoms with Crippen LogP contribution in [0.2, 0.25) is 0 Å². The first kappa shape index (κ1) is 17.1. The molecule has 3 heterocycles. The van der Waals surface area contributed by atoms with E-state index in [0.29, 0.717) is 6.04 Å². The number of rotatable bonds is 4. The second-order valence-electron chi connectivity index (χ2n) is 8.07. The molecule has 0 unspecified atom stereocenters. The van der Waals surface area contributed by atoms with Gasteiger partial charge in [-0.1, -0.05) is 0 Å². The minimum Gasteiger partial charge on any atom is -0.492 e. The maximum Gasteiger partial charge on any atom is 0.135 e. The van der Waals surface area contributed by atoms with E-state index in [9.17, 15) is 0 Å². The zero-order valence-corrected chi connectivity index (χ0v) is 15.5. The lowest BCUT2D eigenvalue weighted by atomic mass is 9.84. The third-order valence-corrected chi connectivity index (χ3v) is 6.30. The van der Waals surface area contributed by atoms with Crippen molar-refractivity contribution in [2.45, 2.75) is 51.5 Å². The molecule has 4 rings (SSSR count). The predicted molar refractivity (Wildman–Crippen MR) is 101 cm³/mol. The Balaban J connectivity index is 1.28. The van der Waals surface area contributed by atoms with Crippen molar-refractivity contribution in [3.8, 4) is 5.75 Å². The molecule has 1 saturated carbocycles. The van der Waals surface area contributed by atoms with Crippen LogP contribution in [-0.4, -0.2) is 55.3 Å². The van der Waals surface area contributed by atoms with Crippen LogP contribution in [-0.2, 0) is 6.42 Å². The number of fused-ring (bicyclic) bond motifs is 1. The second kappa shape index (κ2) is 7.50. The number of aryl methyl sites for hydroxylation is 1. The van der Waals surface area contributed by atoms with Gasteiger partial charge in [0.25, 0.3) is 0 Å². The highest BCUT2D eigenvalue weighted by Gasteiger charge is 2.26. The molecule has 0 bridgehead atoms. The molecule has 1 aromatic rings. The quantitative estimate of drug-likeness (QED) is 0.909. The van der Waals surface area contributed by atoms with Crippen LogP contribution in [0.3, 0.4) is 0 Å². The molecule has 5 heteroatoms. The van der Waals surface area contributed by atoms with E-state index in [1.807, 2.05) is 6.20 Å². The fraction of sp³-hybridized carbons (Fsp3) is 0.750. The minimum absolute atomic E-state index is 0.465. The summed E-state index contributed by atoms with van der Waals surface area (Å²) in [6, 6.07) is 0.465. The first-order valence-corrected chi connectivity index (χ1v) is 10.0. The van der Waals surface area contributed by atoms with E-state index in [-0.39, 0.29) is 0 Å². The predicted octanol–water partition coefficient (Wildman–Crippen LogP) is 2.35.